The highest BCUT2D eigenvalue weighted by Gasteiger charge is 2.35. The van der Waals surface area contributed by atoms with Crippen molar-refractivity contribution in [2.45, 2.75) is 45.4 Å². The van der Waals surface area contributed by atoms with Crippen molar-refractivity contribution in [1.82, 2.24) is 15.1 Å². The molecule has 5 nitrogen and oxygen atoms in total. The van der Waals surface area contributed by atoms with Gasteiger partial charge in [0.1, 0.15) is 0 Å². The molecule has 2 aliphatic heterocycles. The third kappa shape index (κ3) is 4.69. The molecule has 0 unspecified atom stereocenters. The highest BCUT2D eigenvalue weighted by Crippen LogP contribution is 2.32. The van der Waals surface area contributed by atoms with Gasteiger partial charge < -0.3 is 15.1 Å². The lowest BCUT2D eigenvalue weighted by Crippen LogP contribution is -2.45. The van der Waals surface area contributed by atoms with Crippen LogP contribution in [0.5, 0.6) is 0 Å². The fraction of sp³-hybridized carbons (Fsp3) is 0.889. The maximum atomic E-state index is 12.3. The predicted octanol–water partition coefficient (Wildman–Crippen LogP) is 1.48. The Hall–Kier alpha value is -1.10. The molecule has 2 saturated heterocycles. The van der Waals surface area contributed by atoms with E-state index in [1.165, 1.54) is 19.4 Å². The van der Waals surface area contributed by atoms with E-state index in [2.05, 4.69) is 17.1 Å². The molecule has 23 heavy (non-hydrogen) atoms. The molecule has 0 aromatic heterocycles. The summed E-state index contributed by atoms with van der Waals surface area (Å²) in [6, 6.07) is 0. The van der Waals surface area contributed by atoms with Gasteiger partial charge in [-0.25, -0.2) is 0 Å². The molecule has 3 fully saturated rings. The van der Waals surface area contributed by atoms with Crippen molar-refractivity contribution in [2.75, 3.05) is 39.3 Å². The molecule has 0 aromatic carbocycles. The van der Waals surface area contributed by atoms with E-state index in [4.69, 9.17) is 0 Å². The van der Waals surface area contributed by atoms with Gasteiger partial charge in [-0.15, -0.1) is 0 Å². The zero-order chi connectivity index (χ0) is 16.2. The number of likely N-dealkylation sites (tertiary alicyclic amines) is 2. The molecule has 1 aliphatic carbocycles. The summed E-state index contributed by atoms with van der Waals surface area (Å²) in [7, 11) is 0. The summed E-state index contributed by atoms with van der Waals surface area (Å²) in [5.74, 6) is 1.69. The molecule has 1 N–H and O–H groups in total. The number of carbonyl (C=O) groups is 2. The van der Waals surface area contributed by atoms with Crippen LogP contribution in [0.2, 0.25) is 0 Å². The minimum atomic E-state index is 0.0959. The monoisotopic (exact) mass is 321 g/mol. The summed E-state index contributed by atoms with van der Waals surface area (Å²) in [6.45, 7) is 7.89. The summed E-state index contributed by atoms with van der Waals surface area (Å²) >= 11 is 0. The zero-order valence-electron chi connectivity index (χ0n) is 14.4. The number of rotatable bonds is 5. The lowest BCUT2D eigenvalue weighted by atomic mass is 9.95. The summed E-state index contributed by atoms with van der Waals surface area (Å²) in [6.07, 6.45) is 6.39. The average Bonchev–Trinajstić information content (AvgIpc) is 3.39. The van der Waals surface area contributed by atoms with Crippen LogP contribution in [0.25, 0.3) is 0 Å². The van der Waals surface area contributed by atoms with Gasteiger partial charge in [-0.1, -0.05) is 6.92 Å². The first kappa shape index (κ1) is 16.7. The Kier molecular flexibility index (Phi) is 5.57. The van der Waals surface area contributed by atoms with E-state index < -0.39 is 0 Å². The van der Waals surface area contributed by atoms with Crippen LogP contribution < -0.4 is 5.32 Å². The van der Waals surface area contributed by atoms with Gasteiger partial charge in [-0.2, -0.15) is 0 Å². The number of hydrogen-bond acceptors (Lipinski definition) is 3. The van der Waals surface area contributed by atoms with Crippen LogP contribution in [0.15, 0.2) is 0 Å². The van der Waals surface area contributed by atoms with Crippen LogP contribution in [0.4, 0.5) is 0 Å². The number of nitrogens with one attached hydrogen (secondary N) is 1. The van der Waals surface area contributed by atoms with E-state index >= 15 is 0 Å². The summed E-state index contributed by atoms with van der Waals surface area (Å²) < 4.78 is 0. The largest absolute Gasteiger partial charge is 0.355 e. The van der Waals surface area contributed by atoms with Crippen LogP contribution in [-0.2, 0) is 9.59 Å². The van der Waals surface area contributed by atoms with Gasteiger partial charge >= 0.3 is 0 Å². The van der Waals surface area contributed by atoms with Gasteiger partial charge in [-0.05, 0) is 51.0 Å². The molecular formula is C18H31N3O2. The lowest BCUT2D eigenvalue weighted by Gasteiger charge is -2.32. The van der Waals surface area contributed by atoms with Crippen LogP contribution in [0.3, 0.4) is 0 Å². The molecule has 2 amide bonds. The first-order valence-electron chi connectivity index (χ1n) is 9.42. The van der Waals surface area contributed by atoms with Crippen molar-refractivity contribution in [2.24, 2.45) is 17.8 Å². The SMILES string of the molecule is C[C@@H]1CCCN(CCNC(=O)C2CCN(C(=O)C3CC3)CC2)C1. The number of amides is 2. The van der Waals surface area contributed by atoms with Gasteiger partial charge in [0.25, 0.3) is 0 Å². The van der Waals surface area contributed by atoms with Crippen molar-refractivity contribution in [1.29, 1.82) is 0 Å². The third-order valence-corrected chi connectivity index (χ3v) is 5.57. The first-order chi connectivity index (χ1) is 11.1. The van der Waals surface area contributed by atoms with Gasteiger partial charge in [0.15, 0.2) is 0 Å². The molecule has 1 saturated carbocycles. The third-order valence-electron chi connectivity index (χ3n) is 5.57. The van der Waals surface area contributed by atoms with E-state index in [1.54, 1.807) is 0 Å². The van der Waals surface area contributed by atoms with Gasteiger partial charge in [0.05, 0.1) is 0 Å². The normalized spacial score (nSPS) is 27.0. The van der Waals surface area contributed by atoms with E-state index in [-0.39, 0.29) is 11.8 Å². The highest BCUT2D eigenvalue weighted by atomic mass is 16.2. The summed E-state index contributed by atoms with van der Waals surface area (Å²) in [4.78, 5) is 28.8. The molecule has 0 radical (unpaired) electrons. The minimum absolute atomic E-state index is 0.0959. The molecule has 0 aromatic rings. The maximum Gasteiger partial charge on any atom is 0.225 e. The summed E-state index contributed by atoms with van der Waals surface area (Å²) in [5.41, 5.74) is 0. The number of hydrogen-bond donors (Lipinski definition) is 1. The van der Waals surface area contributed by atoms with E-state index in [0.29, 0.717) is 11.8 Å². The van der Waals surface area contributed by atoms with Crippen molar-refractivity contribution in [3.05, 3.63) is 0 Å². The molecular weight excluding hydrogens is 290 g/mol. The maximum absolute atomic E-state index is 12.3. The number of nitrogens with zero attached hydrogens (tertiary/aromatic N) is 2. The quantitative estimate of drug-likeness (QED) is 0.834. The van der Waals surface area contributed by atoms with Crippen molar-refractivity contribution < 1.29 is 9.59 Å². The molecule has 0 bridgehead atoms. The second-order valence-corrected chi connectivity index (χ2v) is 7.71. The number of piperidine rings is 2. The molecule has 130 valence electrons. The van der Waals surface area contributed by atoms with Crippen LogP contribution >= 0.6 is 0 Å². The first-order valence-corrected chi connectivity index (χ1v) is 9.42. The number of carbonyl (C=O) groups excluding carboxylic acids is 2. The Labute approximate surface area is 139 Å². The standard InChI is InChI=1S/C18H31N3O2/c1-14-3-2-9-20(13-14)12-8-19-17(22)15-6-10-21(11-7-15)18(23)16-4-5-16/h14-16H,2-13H2,1H3,(H,19,22)/t14-/m1/s1. The zero-order valence-corrected chi connectivity index (χ0v) is 14.4. The van der Waals surface area contributed by atoms with Crippen LogP contribution in [0.1, 0.15) is 45.4 Å². The molecule has 3 aliphatic rings. The second kappa shape index (κ2) is 7.65. The molecule has 3 rings (SSSR count). The fourth-order valence-corrected chi connectivity index (χ4v) is 3.92. The van der Waals surface area contributed by atoms with Gasteiger partial charge in [-0.3, -0.25) is 9.59 Å². The molecule has 2 heterocycles. The Balaban J connectivity index is 1.32. The predicted molar refractivity (Wildman–Crippen MR) is 89.9 cm³/mol. The van der Waals surface area contributed by atoms with Crippen molar-refractivity contribution >= 4 is 11.8 Å². The Morgan fingerprint density at radius 2 is 1.74 bits per heavy atom. The molecule has 5 heteroatoms. The highest BCUT2D eigenvalue weighted by molar-refractivity contribution is 5.82. The minimum Gasteiger partial charge on any atom is -0.355 e. The topological polar surface area (TPSA) is 52.7 Å². The average molecular weight is 321 g/mol. The van der Waals surface area contributed by atoms with E-state index in [9.17, 15) is 9.59 Å². The van der Waals surface area contributed by atoms with Crippen LogP contribution in [0, 0.1) is 17.8 Å². The van der Waals surface area contributed by atoms with Gasteiger partial charge in [0.2, 0.25) is 11.8 Å². The fourth-order valence-electron chi connectivity index (χ4n) is 3.92. The molecule has 1 atom stereocenters. The Morgan fingerprint density at radius 1 is 1.00 bits per heavy atom. The second-order valence-electron chi connectivity index (χ2n) is 7.71. The van der Waals surface area contributed by atoms with Crippen molar-refractivity contribution in [3.63, 3.8) is 0 Å². The molecule has 0 spiro atoms. The van der Waals surface area contributed by atoms with Crippen LogP contribution in [-0.4, -0.2) is 60.9 Å². The van der Waals surface area contributed by atoms with Crippen molar-refractivity contribution in [3.8, 4) is 0 Å². The summed E-state index contributed by atoms with van der Waals surface area (Å²) in [5, 5.41) is 3.11. The van der Waals surface area contributed by atoms with Gasteiger partial charge in [0, 0.05) is 44.6 Å². The Bertz CT molecular complexity index is 428. The smallest absolute Gasteiger partial charge is 0.225 e. The van der Waals surface area contributed by atoms with E-state index in [1.807, 2.05) is 4.90 Å². The Morgan fingerprint density at radius 3 is 2.39 bits per heavy atom. The lowest BCUT2D eigenvalue weighted by molar-refractivity contribution is -0.136. The van der Waals surface area contributed by atoms with E-state index in [0.717, 1.165) is 64.3 Å².